The summed E-state index contributed by atoms with van der Waals surface area (Å²) in [6.45, 7) is 19.9. The van der Waals surface area contributed by atoms with Crippen molar-refractivity contribution in [2.75, 3.05) is 0 Å². The van der Waals surface area contributed by atoms with E-state index < -0.39 is 16.1 Å². The fraction of sp³-hybridized carbons (Fsp3) is 0.667. The van der Waals surface area contributed by atoms with Gasteiger partial charge in [0, 0.05) is 0 Å². The van der Waals surface area contributed by atoms with Gasteiger partial charge in [0.25, 0.3) is 0 Å². The van der Waals surface area contributed by atoms with E-state index in [-0.39, 0.29) is 21.1 Å². The molecule has 0 spiro atoms. The Kier molecular flexibility index (Phi) is 3.84. The Balaban J connectivity index is 3.11. The van der Waals surface area contributed by atoms with Crippen LogP contribution in [0.4, 0.5) is 0 Å². The Bertz CT molecular complexity index is 304. The minimum absolute atomic E-state index is 0.354. The average Bonchev–Trinajstić information content (AvgIpc) is 2.26. The first-order chi connectivity index (χ1) is 6.55. The van der Waals surface area contributed by atoms with Gasteiger partial charge in [-0.25, -0.2) is 0 Å². The van der Waals surface area contributed by atoms with Crippen molar-refractivity contribution in [2.45, 2.75) is 53.1 Å². The van der Waals surface area contributed by atoms with Crippen LogP contribution in [-0.4, -0.2) is 37.3 Å². The molecule has 1 heterocycles. The Morgan fingerprint density at radius 2 is 0.933 bits per heavy atom. The second kappa shape index (κ2) is 4.18. The van der Waals surface area contributed by atoms with E-state index in [2.05, 4.69) is 53.1 Å². The van der Waals surface area contributed by atoms with Gasteiger partial charge in [0.1, 0.15) is 0 Å². The van der Waals surface area contributed by atoms with Gasteiger partial charge in [-0.15, -0.1) is 0 Å². The molecule has 0 bridgehead atoms. The summed E-state index contributed by atoms with van der Waals surface area (Å²) < 4.78 is 3.95. The van der Waals surface area contributed by atoms with Gasteiger partial charge in [-0.05, 0) is 0 Å². The zero-order valence-electron chi connectivity index (χ0n) is 11.5. The zero-order chi connectivity index (χ0) is 12.0. The molecule has 0 aliphatic carbocycles. The van der Waals surface area contributed by atoms with Gasteiger partial charge in [0.15, 0.2) is 0 Å². The van der Waals surface area contributed by atoms with Crippen LogP contribution in [0, 0.1) is 0 Å². The van der Waals surface area contributed by atoms with E-state index in [4.69, 9.17) is 0 Å². The molecule has 3 heteroatoms. The van der Waals surface area contributed by atoms with Gasteiger partial charge in [0.05, 0.1) is 0 Å². The second-order valence-electron chi connectivity index (χ2n) is 6.62. The molecule has 2 radical (unpaired) electrons. The zero-order valence-corrected chi connectivity index (χ0v) is 16.4. The second-order valence-corrected chi connectivity index (χ2v) is 23.0. The predicted octanol–water partition coefficient (Wildman–Crippen LogP) is 4.01. The molecule has 1 rings (SSSR count). The standard InChI is InChI=1S/C12H24Si2.Sn/c1-11(9-13(3,4)5)12(2)10-14(6,7)8;/h1-8H3;. The summed E-state index contributed by atoms with van der Waals surface area (Å²) in [5, 5.41) is 0. The van der Waals surface area contributed by atoms with E-state index in [1.807, 2.05) is 6.42 Å². The molecule has 84 valence electrons. The van der Waals surface area contributed by atoms with Crippen LogP contribution in [0.5, 0.6) is 0 Å². The van der Waals surface area contributed by atoms with Crippen molar-refractivity contribution in [3.8, 4) is 0 Å². The van der Waals surface area contributed by atoms with Crippen LogP contribution in [0.2, 0.25) is 39.3 Å². The molecular formula is C12H24Si2Sn. The van der Waals surface area contributed by atoms with Crippen LogP contribution < -0.4 is 0 Å². The summed E-state index contributed by atoms with van der Waals surface area (Å²) in [4.78, 5) is 0. The molecule has 1 aliphatic heterocycles. The van der Waals surface area contributed by atoms with E-state index in [9.17, 15) is 0 Å². The van der Waals surface area contributed by atoms with Gasteiger partial charge in [0.2, 0.25) is 0 Å². The van der Waals surface area contributed by atoms with Crippen LogP contribution in [-0.2, 0) is 0 Å². The van der Waals surface area contributed by atoms with Crippen molar-refractivity contribution < 1.29 is 0 Å². The molecule has 15 heavy (non-hydrogen) atoms. The predicted molar refractivity (Wildman–Crippen MR) is 77.8 cm³/mol. The minimum atomic E-state index is -1.01. The van der Waals surface area contributed by atoms with E-state index in [0.29, 0.717) is 0 Å². The summed E-state index contributed by atoms with van der Waals surface area (Å²) >= 11 is -0.354. The van der Waals surface area contributed by atoms with Gasteiger partial charge >= 0.3 is 108 Å². The van der Waals surface area contributed by atoms with Crippen LogP contribution in [0.15, 0.2) is 17.6 Å². The topological polar surface area (TPSA) is 0 Å². The third kappa shape index (κ3) is 2.88. The number of allylic oxidation sites excluding steroid dienone is 2. The van der Waals surface area contributed by atoms with Crippen molar-refractivity contribution in [3.05, 3.63) is 17.6 Å². The number of hydrogen-bond acceptors (Lipinski definition) is 0. The third-order valence-corrected chi connectivity index (χ3v) is 24.9. The van der Waals surface area contributed by atoms with Gasteiger partial charge < -0.3 is 0 Å². The third-order valence-electron chi connectivity index (χ3n) is 3.06. The maximum absolute atomic E-state index is 2.52. The molecule has 0 atom stereocenters. The van der Waals surface area contributed by atoms with Crippen molar-refractivity contribution in [3.63, 3.8) is 0 Å². The fourth-order valence-electron chi connectivity index (χ4n) is 2.19. The van der Waals surface area contributed by atoms with Crippen molar-refractivity contribution >= 4 is 37.3 Å². The first-order valence-corrected chi connectivity index (χ1v) is 15.6. The average molecular weight is 343 g/mol. The summed E-state index contributed by atoms with van der Waals surface area (Å²) in [6.07, 6.45) is 0. The van der Waals surface area contributed by atoms with Crippen LogP contribution in [0.25, 0.3) is 0 Å². The Labute approximate surface area is 107 Å². The molecule has 0 aromatic rings. The van der Waals surface area contributed by atoms with E-state index in [0.717, 1.165) is 0 Å². The van der Waals surface area contributed by atoms with Gasteiger partial charge in [-0.2, -0.15) is 0 Å². The number of hydrogen-bond donors (Lipinski definition) is 0. The normalized spacial score (nSPS) is 19.2. The Hall–Kier alpha value is 0.712. The molecule has 0 fully saturated rings. The SMILES string of the molecule is CC1=[C]([Si](C)(C)C)[Sn][C]([Si](C)(C)C)=C1C. The molecule has 0 amide bonds. The van der Waals surface area contributed by atoms with Crippen molar-refractivity contribution in [1.82, 2.24) is 0 Å². The Morgan fingerprint density at radius 3 is 1.07 bits per heavy atom. The quantitative estimate of drug-likeness (QED) is 0.665. The molecular weight excluding hydrogens is 319 g/mol. The number of rotatable bonds is 2. The van der Waals surface area contributed by atoms with Crippen molar-refractivity contribution in [2.24, 2.45) is 0 Å². The summed E-state index contributed by atoms with van der Waals surface area (Å²) in [5.41, 5.74) is 3.41. The molecule has 0 saturated carbocycles. The summed E-state index contributed by atoms with van der Waals surface area (Å²) in [5.74, 6) is 0. The molecule has 0 N–H and O–H groups in total. The summed E-state index contributed by atoms with van der Waals surface area (Å²) in [7, 11) is -2.03. The molecule has 0 unspecified atom stereocenters. The molecule has 0 aromatic heterocycles. The van der Waals surface area contributed by atoms with Crippen LogP contribution in [0.1, 0.15) is 13.8 Å². The molecule has 1 aliphatic rings. The van der Waals surface area contributed by atoms with E-state index >= 15 is 0 Å². The molecule has 0 aromatic carbocycles. The first-order valence-electron chi connectivity index (χ1n) is 5.75. The van der Waals surface area contributed by atoms with Gasteiger partial charge in [-0.3, -0.25) is 0 Å². The van der Waals surface area contributed by atoms with E-state index in [1.165, 1.54) is 0 Å². The summed E-state index contributed by atoms with van der Waals surface area (Å²) in [6, 6.07) is 0. The maximum atomic E-state index is 2.52. The fourth-order valence-corrected chi connectivity index (χ4v) is 17.4. The van der Waals surface area contributed by atoms with Crippen molar-refractivity contribution in [1.29, 1.82) is 0 Å². The van der Waals surface area contributed by atoms with Crippen LogP contribution in [0.3, 0.4) is 0 Å². The first kappa shape index (κ1) is 13.8. The monoisotopic (exact) mass is 344 g/mol. The van der Waals surface area contributed by atoms with E-state index in [1.54, 1.807) is 11.1 Å². The van der Waals surface area contributed by atoms with Gasteiger partial charge in [-0.1, -0.05) is 0 Å². The molecule has 0 saturated heterocycles. The molecule has 0 nitrogen and oxygen atoms in total. The Morgan fingerprint density at radius 1 is 0.667 bits per heavy atom. The van der Waals surface area contributed by atoms with Crippen LogP contribution >= 0.6 is 0 Å².